The molecule has 6 nitrogen and oxygen atoms in total. The van der Waals surface area contributed by atoms with Crippen molar-refractivity contribution >= 4 is 11.6 Å². The second-order valence-corrected chi connectivity index (χ2v) is 4.07. The molecule has 3 rings (SSSR count). The van der Waals surface area contributed by atoms with Gasteiger partial charge in [0.05, 0.1) is 6.20 Å². The average Bonchev–Trinajstić information content (AvgIpc) is 3.01. The van der Waals surface area contributed by atoms with Crippen LogP contribution in [0.5, 0.6) is 5.75 Å². The normalized spacial score (nSPS) is 18.3. The highest BCUT2D eigenvalue weighted by Crippen LogP contribution is 2.30. The Hall–Kier alpha value is -2.57. The van der Waals surface area contributed by atoms with Gasteiger partial charge in [-0.1, -0.05) is 0 Å². The zero-order chi connectivity index (χ0) is 13.4. The van der Waals surface area contributed by atoms with Crippen LogP contribution in [0.3, 0.4) is 0 Å². The number of aromatic nitrogens is 3. The Balaban J connectivity index is 1.94. The van der Waals surface area contributed by atoms with E-state index < -0.39 is 5.82 Å². The van der Waals surface area contributed by atoms with Gasteiger partial charge in [-0.2, -0.15) is 9.78 Å². The van der Waals surface area contributed by atoms with Crippen molar-refractivity contribution in [1.82, 2.24) is 14.8 Å². The Labute approximate surface area is 108 Å². The number of ether oxygens (including phenoxy) is 1. The molecule has 2 heterocycles. The van der Waals surface area contributed by atoms with Crippen molar-refractivity contribution in [2.75, 3.05) is 4.90 Å². The van der Waals surface area contributed by atoms with E-state index in [2.05, 4.69) is 10.1 Å². The summed E-state index contributed by atoms with van der Waals surface area (Å²) in [5.41, 5.74) is 0.581. The van der Waals surface area contributed by atoms with Gasteiger partial charge in [0, 0.05) is 11.8 Å². The standard InChI is InChI=1S/C12H11FN4O2/c1-8-16(9-2-3-11(18)10(13)4-9)5-12(19-8)17-7-14-6-15-17/h2-8,18H,1H3. The van der Waals surface area contributed by atoms with Crippen LogP contribution in [0.4, 0.5) is 10.1 Å². The van der Waals surface area contributed by atoms with Gasteiger partial charge in [-0.25, -0.2) is 9.37 Å². The molecule has 0 saturated carbocycles. The van der Waals surface area contributed by atoms with Crippen molar-refractivity contribution in [3.63, 3.8) is 0 Å². The van der Waals surface area contributed by atoms with E-state index in [4.69, 9.17) is 4.74 Å². The highest BCUT2D eigenvalue weighted by atomic mass is 19.1. The highest BCUT2D eigenvalue weighted by Gasteiger charge is 2.25. The Kier molecular flexibility index (Phi) is 2.59. The zero-order valence-corrected chi connectivity index (χ0v) is 10.1. The number of anilines is 1. The molecule has 0 radical (unpaired) electrons. The summed E-state index contributed by atoms with van der Waals surface area (Å²) in [6.07, 6.45) is 4.31. The van der Waals surface area contributed by atoms with Crippen LogP contribution in [0.15, 0.2) is 37.1 Å². The number of phenolic OH excluding ortho intramolecular Hbond substituents is 1. The topological polar surface area (TPSA) is 63.4 Å². The van der Waals surface area contributed by atoms with Crippen LogP contribution in [0.2, 0.25) is 0 Å². The van der Waals surface area contributed by atoms with Crippen molar-refractivity contribution in [3.8, 4) is 5.75 Å². The maximum absolute atomic E-state index is 13.4. The largest absolute Gasteiger partial charge is 0.505 e. The maximum atomic E-state index is 13.4. The molecule has 0 aliphatic carbocycles. The van der Waals surface area contributed by atoms with E-state index in [9.17, 15) is 9.50 Å². The van der Waals surface area contributed by atoms with Gasteiger partial charge in [0.1, 0.15) is 12.7 Å². The van der Waals surface area contributed by atoms with Crippen molar-refractivity contribution in [2.24, 2.45) is 0 Å². The predicted molar refractivity (Wildman–Crippen MR) is 65.4 cm³/mol. The number of nitrogens with zero attached hydrogens (tertiary/aromatic N) is 4. The van der Waals surface area contributed by atoms with E-state index in [1.807, 2.05) is 6.92 Å². The van der Waals surface area contributed by atoms with Gasteiger partial charge in [-0.15, -0.1) is 0 Å². The first-order chi connectivity index (χ1) is 9.15. The third-order valence-electron chi connectivity index (χ3n) is 2.81. The molecule has 0 saturated heterocycles. The Morgan fingerprint density at radius 2 is 2.26 bits per heavy atom. The first-order valence-corrected chi connectivity index (χ1v) is 5.65. The lowest BCUT2D eigenvalue weighted by molar-refractivity contribution is 0.194. The highest BCUT2D eigenvalue weighted by molar-refractivity contribution is 5.58. The zero-order valence-electron chi connectivity index (χ0n) is 10.1. The SMILES string of the molecule is CC1OC(n2cncn2)=CN1c1ccc(O)c(F)c1. The monoisotopic (exact) mass is 262 g/mol. The summed E-state index contributed by atoms with van der Waals surface area (Å²) in [6, 6.07) is 4.16. The molecule has 1 unspecified atom stereocenters. The van der Waals surface area contributed by atoms with Gasteiger partial charge in [0.15, 0.2) is 17.8 Å². The van der Waals surface area contributed by atoms with E-state index >= 15 is 0 Å². The molecule has 1 aliphatic rings. The summed E-state index contributed by atoms with van der Waals surface area (Å²) in [5.74, 6) is -0.553. The summed E-state index contributed by atoms with van der Waals surface area (Å²) in [5, 5.41) is 13.2. The fourth-order valence-electron chi connectivity index (χ4n) is 1.86. The molecule has 1 atom stereocenters. The molecule has 7 heteroatoms. The molecule has 0 bridgehead atoms. The predicted octanol–water partition coefficient (Wildman–Crippen LogP) is 1.76. The Morgan fingerprint density at radius 3 is 2.95 bits per heavy atom. The van der Waals surface area contributed by atoms with Gasteiger partial charge in [0.2, 0.25) is 5.88 Å². The van der Waals surface area contributed by atoms with Crippen molar-refractivity contribution in [3.05, 3.63) is 42.9 Å². The Morgan fingerprint density at radius 1 is 1.42 bits per heavy atom. The van der Waals surface area contributed by atoms with Crippen LogP contribution in [0.1, 0.15) is 6.92 Å². The van der Waals surface area contributed by atoms with Gasteiger partial charge in [-0.3, -0.25) is 0 Å². The van der Waals surface area contributed by atoms with E-state index in [1.54, 1.807) is 17.2 Å². The van der Waals surface area contributed by atoms with Crippen molar-refractivity contribution < 1.29 is 14.2 Å². The maximum Gasteiger partial charge on any atom is 0.234 e. The number of phenols is 1. The van der Waals surface area contributed by atoms with Crippen LogP contribution < -0.4 is 4.90 Å². The van der Waals surface area contributed by atoms with E-state index in [1.165, 1.54) is 29.5 Å². The molecule has 0 fully saturated rings. The second kappa shape index (κ2) is 4.27. The third kappa shape index (κ3) is 1.99. The molecule has 0 amide bonds. The number of rotatable bonds is 2. The fourth-order valence-corrected chi connectivity index (χ4v) is 1.86. The summed E-state index contributed by atoms with van der Waals surface area (Å²) in [4.78, 5) is 5.57. The van der Waals surface area contributed by atoms with Crippen molar-refractivity contribution in [1.29, 1.82) is 0 Å². The average molecular weight is 262 g/mol. The van der Waals surface area contributed by atoms with E-state index in [0.29, 0.717) is 11.6 Å². The first-order valence-electron chi connectivity index (χ1n) is 5.65. The second-order valence-electron chi connectivity index (χ2n) is 4.07. The summed E-state index contributed by atoms with van der Waals surface area (Å²) in [7, 11) is 0. The molecule has 0 spiro atoms. The van der Waals surface area contributed by atoms with Crippen LogP contribution in [-0.4, -0.2) is 26.1 Å². The minimum Gasteiger partial charge on any atom is -0.505 e. The lowest BCUT2D eigenvalue weighted by Gasteiger charge is -2.20. The number of benzene rings is 1. The molecular formula is C12H11FN4O2. The van der Waals surface area contributed by atoms with E-state index in [0.717, 1.165) is 0 Å². The van der Waals surface area contributed by atoms with Crippen LogP contribution in [-0.2, 0) is 4.74 Å². The third-order valence-corrected chi connectivity index (χ3v) is 2.81. The smallest absolute Gasteiger partial charge is 0.234 e. The minimum atomic E-state index is -0.674. The minimum absolute atomic E-state index is 0.303. The summed E-state index contributed by atoms with van der Waals surface area (Å²) < 4.78 is 20.4. The molecule has 1 aliphatic heterocycles. The van der Waals surface area contributed by atoms with Crippen LogP contribution in [0, 0.1) is 5.82 Å². The molecule has 19 heavy (non-hydrogen) atoms. The van der Waals surface area contributed by atoms with Gasteiger partial charge >= 0.3 is 0 Å². The number of hydrogen-bond donors (Lipinski definition) is 1. The lowest BCUT2D eigenvalue weighted by Crippen LogP contribution is -2.24. The van der Waals surface area contributed by atoms with Gasteiger partial charge < -0.3 is 14.7 Å². The van der Waals surface area contributed by atoms with Gasteiger partial charge in [-0.05, 0) is 19.1 Å². The summed E-state index contributed by atoms with van der Waals surface area (Å²) in [6.45, 7) is 1.82. The number of aromatic hydroxyl groups is 1. The lowest BCUT2D eigenvalue weighted by atomic mass is 10.2. The molecule has 1 aromatic heterocycles. The van der Waals surface area contributed by atoms with Crippen LogP contribution >= 0.6 is 0 Å². The molecule has 98 valence electrons. The summed E-state index contributed by atoms with van der Waals surface area (Å²) >= 11 is 0. The molecule has 1 N–H and O–H groups in total. The fraction of sp³-hybridized carbons (Fsp3) is 0.167. The van der Waals surface area contributed by atoms with Crippen LogP contribution in [0.25, 0.3) is 5.88 Å². The number of hydrogen-bond acceptors (Lipinski definition) is 5. The van der Waals surface area contributed by atoms with Gasteiger partial charge in [0.25, 0.3) is 0 Å². The first kappa shape index (κ1) is 11.5. The number of halogens is 1. The molecule has 2 aromatic rings. The van der Waals surface area contributed by atoms with Crippen molar-refractivity contribution in [2.45, 2.75) is 13.2 Å². The molecule has 1 aromatic carbocycles. The Bertz CT molecular complexity index is 627. The van der Waals surface area contributed by atoms with E-state index in [-0.39, 0.29) is 12.0 Å². The molecular weight excluding hydrogens is 251 g/mol. The quantitative estimate of drug-likeness (QED) is 0.893.